The maximum atomic E-state index is 12.4. The molecule has 1 heterocycles. The monoisotopic (exact) mass is 325 g/mol. The molecular weight excluding hydrogens is 310 g/mol. The summed E-state index contributed by atoms with van der Waals surface area (Å²) in [4.78, 5) is 25.0. The number of carbonyl (C=O) groups excluding carboxylic acids is 1. The number of halogens is 1. The number of hydrogen-bond acceptors (Lipinski definition) is 2. The van der Waals surface area contributed by atoms with Crippen LogP contribution < -0.4 is 0 Å². The zero-order chi connectivity index (χ0) is 14.0. The fraction of sp³-hybridized carbons (Fsp3) is 0.429. The normalized spacial score (nSPS) is 16.4. The third kappa shape index (κ3) is 3.15. The van der Waals surface area contributed by atoms with Crippen molar-refractivity contribution < 1.29 is 14.7 Å². The fourth-order valence-corrected chi connectivity index (χ4v) is 2.96. The number of piperidine rings is 1. The number of amides is 1. The first-order valence-corrected chi connectivity index (χ1v) is 7.06. The van der Waals surface area contributed by atoms with Gasteiger partial charge in [-0.3, -0.25) is 9.59 Å². The third-order valence-electron chi connectivity index (χ3n) is 3.49. The van der Waals surface area contributed by atoms with E-state index in [1.165, 1.54) is 0 Å². The van der Waals surface area contributed by atoms with Crippen LogP contribution in [0.2, 0.25) is 0 Å². The van der Waals surface area contributed by atoms with Crippen molar-refractivity contribution in [2.24, 2.45) is 5.92 Å². The van der Waals surface area contributed by atoms with E-state index in [0.29, 0.717) is 31.5 Å². The van der Waals surface area contributed by atoms with E-state index in [-0.39, 0.29) is 11.8 Å². The SMILES string of the molecule is Cc1ccc(C(=O)N2CCC(C(=O)O)CC2)c(Br)c1. The Morgan fingerprint density at radius 1 is 1.32 bits per heavy atom. The summed E-state index contributed by atoms with van der Waals surface area (Å²) in [5.41, 5.74) is 1.73. The molecule has 0 bridgehead atoms. The maximum Gasteiger partial charge on any atom is 0.306 e. The summed E-state index contributed by atoms with van der Waals surface area (Å²) < 4.78 is 0.790. The number of nitrogens with zero attached hydrogens (tertiary/aromatic N) is 1. The number of likely N-dealkylation sites (tertiary alicyclic amines) is 1. The Bertz CT molecular complexity index is 507. The third-order valence-corrected chi connectivity index (χ3v) is 4.14. The largest absolute Gasteiger partial charge is 0.481 e. The molecule has 2 rings (SSSR count). The summed E-state index contributed by atoms with van der Waals surface area (Å²) >= 11 is 3.41. The number of rotatable bonds is 2. The highest BCUT2D eigenvalue weighted by Gasteiger charge is 2.28. The molecule has 0 saturated carbocycles. The second-order valence-corrected chi connectivity index (χ2v) is 5.74. The van der Waals surface area contributed by atoms with Crippen molar-refractivity contribution in [3.8, 4) is 0 Å². The zero-order valence-electron chi connectivity index (χ0n) is 10.7. The van der Waals surface area contributed by atoms with Crippen molar-refractivity contribution in [2.75, 3.05) is 13.1 Å². The number of carboxylic acid groups (broad SMARTS) is 1. The van der Waals surface area contributed by atoms with Crippen LogP contribution in [0.4, 0.5) is 0 Å². The van der Waals surface area contributed by atoms with Gasteiger partial charge in [-0.1, -0.05) is 6.07 Å². The topological polar surface area (TPSA) is 57.6 Å². The van der Waals surface area contributed by atoms with E-state index in [1.807, 2.05) is 25.1 Å². The molecule has 1 saturated heterocycles. The molecule has 19 heavy (non-hydrogen) atoms. The van der Waals surface area contributed by atoms with Gasteiger partial charge in [0.1, 0.15) is 0 Å². The van der Waals surface area contributed by atoms with Gasteiger partial charge in [0.2, 0.25) is 0 Å². The van der Waals surface area contributed by atoms with Crippen molar-refractivity contribution in [3.05, 3.63) is 33.8 Å². The lowest BCUT2D eigenvalue weighted by atomic mass is 9.96. The van der Waals surface area contributed by atoms with E-state index in [1.54, 1.807) is 4.90 Å². The Morgan fingerprint density at radius 2 is 1.95 bits per heavy atom. The number of benzene rings is 1. The van der Waals surface area contributed by atoms with E-state index in [9.17, 15) is 9.59 Å². The van der Waals surface area contributed by atoms with E-state index < -0.39 is 5.97 Å². The zero-order valence-corrected chi connectivity index (χ0v) is 12.3. The first-order valence-electron chi connectivity index (χ1n) is 6.27. The Labute approximate surface area is 120 Å². The number of aryl methyl sites for hydroxylation is 1. The first-order chi connectivity index (χ1) is 8.99. The standard InChI is InChI=1S/C14H16BrNO3/c1-9-2-3-11(12(15)8-9)13(17)16-6-4-10(5-7-16)14(18)19/h2-3,8,10H,4-7H2,1H3,(H,18,19). The molecule has 0 unspecified atom stereocenters. The van der Waals surface area contributed by atoms with Crippen LogP contribution in [-0.2, 0) is 4.79 Å². The van der Waals surface area contributed by atoms with Crippen LogP contribution in [0.1, 0.15) is 28.8 Å². The van der Waals surface area contributed by atoms with Crippen LogP contribution in [-0.4, -0.2) is 35.0 Å². The van der Waals surface area contributed by atoms with Crippen LogP contribution in [0, 0.1) is 12.8 Å². The molecule has 0 spiro atoms. The molecule has 1 aromatic rings. The first kappa shape index (κ1) is 14.1. The molecule has 0 aliphatic carbocycles. The van der Waals surface area contributed by atoms with E-state index in [2.05, 4.69) is 15.9 Å². The molecule has 102 valence electrons. The van der Waals surface area contributed by atoms with Gasteiger partial charge in [0.05, 0.1) is 11.5 Å². The van der Waals surface area contributed by atoms with Crippen LogP contribution in [0.25, 0.3) is 0 Å². The Morgan fingerprint density at radius 3 is 2.47 bits per heavy atom. The molecule has 1 amide bonds. The summed E-state index contributed by atoms with van der Waals surface area (Å²) in [7, 11) is 0. The number of carboxylic acids is 1. The Balaban J connectivity index is 2.07. The lowest BCUT2D eigenvalue weighted by molar-refractivity contribution is -0.143. The van der Waals surface area contributed by atoms with E-state index in [0.717, 1.165) is 10.0 Å². The molecular formula is C14H16BrNO3. The maximum absolute atomic E-state index is 12.4. The second-order valence-electron chi connectivity index (χ2n) is 4.89. The highest BCUT2D eigenvalue weighted by molar-refractivity contribution is 9.10. The molecule has 0 radical (unpaired) electrons. The lowest BCUT2D eigenvalue weighted by Gasteiger charge is -2.30. The molecule has 1 fully saturated rings. The lowest BCUT2D eigenvalue weighted by Crippen LogP contribution is -2.40. The second kappa shape index (κ2) is 5.74. The van der Waals surface area contributed by atoms with Crippen molar-refractivity contribution >= 4 is 27.8 Å². The Hall–Kier alpha value is -1.36. The average molecular weight is 326 g/mol. The molecule has 5 heteroatoms. The highest BCUT2D eigenvalue weighted by Crippen LogP contribution is 2.23. The van der Waals surface area contributed by atoms with Crippen LogP contribution in [0.3, 0.4) is 0 Å². The minimum Gasteiger partial charge on any atom is -0.481 e. The summed E-state index contributed by atoms with van der Waals surface area (Å²) in [5, 5.41) is 8.94. The summed E-state index contributed by atoms with van der Waals surface area (Å²) in [5.74, 6) is -1.11. The number of hydrogen-bond donors (Lipinski definition) is 1. The molecule has 1 aliphatic rings. The quantitative estimate of drug-likeness (QED) is 0.909. The van der Waals surface area contributed by atoms with Gasteiger partial charge in [0.25, 0.3) is 5.91 Å². The minimum atomic E-state index is -0.761. The summed E-state index contributed by atoms with van der Waals surface area (Å²) in [6.07, 6.45) is 1.06. The highest BCUT2D eigenvalue weighted by atomic mass is 79.9. The van der Waals surface area contributed by atoms with Gasteiger partial charge in [-0.2, -0.15) is 0 Å². The number of aliphatic carboxylic acids is 1. The van der Waals surface area contributed by atoms with Gasteiger partial charge in [0, 0.05) is 17.6 Å². The molecule has 1 aliphatic heterocycles. The predicted octanol–water partition coefficient (Wildman–Crippen LogP) is 2.69. The van der Waals surface area contributed by atoms with Gasteiger partial charge in [0.15, 0.2) is 0 Å². The van der Waals surface area contributed by atoms with E-state index in [4.69, 9.17) is 5.11 Å². The van der Waals surface area contributed by atoms with Gasteiger partial charge < -0.3 is 10.0 Å². The average Bonchev–Trinajstić information content (AvgIpc) is 2.38. The summed E-state index contributed by atoms with van der Waals surface area (Å²) in [6, 6.07) is 5.63. The van der Waals surface area contributed by atoms with Gasteiger partial charge >= 0.3 is 5.97 Å². The molecule has 0 aromatic heterocycles. The van der Waals surface area contributed by atoms with Gasteiger partial charge in [-0.15, -0.1) is 0 Å². The van der Waals surface area contributed by atoms with Crippen molar-refractivity contribution in [1.29, 1.82) is 0 Å². The van der Waals surface area contributed by atoms with Crippen LogP contribution in [0.5, 0.6) is 0 Å². The van der Waals surface area contributed by atoms with Crippen molar-refractivity contribution in [3.63, 3.8) is 0 Å². The molecule has 4 nitrogen and oxygen atoms in total. The number of carbonyl (C=O) groups is 2. The Kier molecular flexibility index (Phi) is 4.24. The van der Waals surface area contributed by atoms with Gasteiger partial charge in [-0.25, -0.2) is 0 Å². The summed E-state index contributed by atoms with van der Waals surface area (Å²) in [6.45, 7) is 2.99. The minimum absolute atomic E-state index is 0.0317. The van der Waals surface area contributed by atoms with Gasteiger partial charge in [-0.05, 0) is 53.4 Å². The predicted molar refractivity (Wildman–Crippen MR) is 75.1 cm³/mol. The molecule has 1 N–H and O–H groups in total. The van der Waals surface area contributed by atoms with Crippen LogP contribution in [0.15, 0.2) is 22.7 Å². The van der Waals surface area contributed by atoms with E-state index >= 15 is 0 Å². The van der Waals surface area contributed by atoms with Crippen LogP contribution >= 0.6 is 15.9 Å². The smallest absolute Gasteiger partial charge is 0.306 e. The molecule has 1 aromatic carbocycles. The fourth-order valence-electron chi connectivity index (χ4n) is 2.29. The van der Waals surface area contributed by atoms with Crippen molar-refractivity contribution in [2.45, 2.75) is 19.8 Å². The molecule has 0 atom stereocenters. The van der Waals surface area contributed by atoms with Crippen molar-refractivity contribution in [1.82, 2.24) is 4.90 Å².